The third-order valence-electron chi connectivity index (χ3n) is 4.08. The number of rotatable bonds is 1. The molecule has 0 spiro atoms. The van der Waals surface area contributed by atoms with Crippen LogP contribution in [0, 0.1) is 11.8 Å². The first kappa shape index (κ1) is 12.5. The fourth-order valence-electron chi connectivity index (χ4n) is 3.07. The standard InChI is InChI=1S/C14H15ClN2O2/c15-11-7-8(5-6-12(11)16)17-13(18)9-3-1-2-4-10(9)14(17)19/h5-7,9-10H,1-4,16H2. The summed E-state index contributed by atoms with van der Waals surface area (Å²) in [5.41, 5.74) is 6.63. The van der Waals surface area contributed by atoms with Gasteiger partial charge in [0.25, 0.3) is 0 Å². The van der Waals surface area contributed by atoms with Crippen molar-refractivity contribution in [1.82, 2.24) is 0 Å². The molecule has 1 aliphatic carbocycles. The molecule has 5 heteroatoms. The highest BCUT2D eigenvalue weighted by Crippen LogP contribution is 2.40. The monoisotopic (exact) mass is 278 g/mol. The molecule has 2 amide bonds. The lowest BCUT2D eigenvalue weighted by atomic mass is 9.81. The summed E-state index contributed by atoms with van der Waals surface area (Å²) >= 11 is 5.97. The summed E-state index contributed by atoms with van der Waals surface area (Å²) in [6, 6.07) is 4.89. The molecule has 2 unspecified atom stereocenters. The van der Waals surface area contributed by atoms with Gasteiger partial charge in [0.1, 0.15) is 0 Å². The van der Waals surface area contributed by atoms with E-state index in [1.807, 2.05) is 0 Å². The molecule has 0 bridgehead atoms. The molecule has 1 aromatic carbocycles. The van der Waals surface area contributed by atoms with Gasteiger partial charge in [0.05, 0.1) is 28.2 Å². The van der Waals surface area contributed by atoms with Crippen LogP contribution >= 0.6 is 11.6 Å². The van der Waals surface area contributed by atoms with Crippen molar-refractivity contribution < 1.29 is 9.59 Å². The van der Waals surface area contributed by atoms with E-state index in [1.165, 1.54) is 4.90 Å². The first-order valence-corrected chi connectivity index (χ1v) is 6.90. The highest BCUT2D eigenvalue weighted by molar-refractivity contribution is 6.33. The number of nitrogens with zero attached hydrogens (tertiary/aromatic N) is 1. The summed E-state index contributed by atoms with van der Waals surface area (Å²) in [5.74, 6) is -0.457. The summed E-state index contributed by atoms with van der Waals surface area (Å²) in [4.78, 5) is 26.0. The predicted molar refractivity (Wildman–Crippen MR) is 73.8 cm³/mol. The largest absolute Gasteiger partial charge is 0.398 e. The van der Waals surface area contributed by atoms with E-state index in [9.17, 15) is 9.59 Å². The predicted octanol–water partition coefficient (Wildman–Crippen LogP) is 2.60. The average molecular weight is 279 g/mol. The zero-order valence-electron chi connectivity index (χ0n) is 10.4. The molecule has 2 atom stereocenters. The van der Waals surface area contributed by atoms with Crippen molar-refractivity contribution in [3.05, 3.63) is 23.2 Å². The van der Waals surface area contributed by atoms with Crippen molar-refractivity contribution in [3.8, 4) is 0 Å². The lowest BCUT2D eigenvalue weighted by Gasteiger charge is -2.19. The SMILES string of the molecule is Nc1ccc(N2C(=O)C3CCCCC3C2=O)cc1Cl. The average Bonchev–Trinajstić information content (AvgIpc) is 2.66. The van der Waals surface area contributed by atoms with Gasteiger partial charge in [-0.1, -0.05) is 24.4 Å². The minimum absolute atomic E-state index is 0.0875. The van der Waals surface area contributed by atoms with Crippen LogP contribution < -0.4 is 10.6 Å². The molecule has 1 saturated carbocycles. The molecule has 100 valence electrons. The van der Waals surface area contributed by atoms with Gasteiger partial charge in [0.2, 0.25) is 11.8 Å². The third-order valence-corrected chi connectivity index (χ3v) is 4.41. The smallest absolute Gasteiger partial charge is 0.237 e. The van der Waals surface area contributed by atoms with Gasteiger partial charge in [0, 0.05) is 0 Å². The number of fused-ring (bicyclic) bond motifs is 1. The maximum atomic E-state index is 12.4. The maximum Gasteiger partial charge on any atom is 0.237 e. The molecule has 0 radical (unpaired) electrons. The number of halogens is 1. The number of carbonyl (C=O) groups excluding carboxylic acids is 2. The van der Waals surface area contributed by atoms with Gasteiger partial charge in [-0.2, -0.15) is 0 Å². The fourth-order valence-corrected chi connectivity index (χ4v) is 3.25. The summed E-state index contributed by atoms with van der Waals surface area (Å²) < 4.78 is 0. The number of imide groups is 1. The maximum absolute atomic E-state index is 12.4. The number of hydrogen-bond acceptors (Lipinski definition) is 3. The van der Waals surface area contributed by atoms with E-state index in [0.29, 0.717) is 16.4 Å². The zero-order valence-corrected chi connectivity index (χ0v) is 11.2. The quantitative estimate of drug-likeness (QED) is 0.634. The summed E-state index contributed by atoms with van der Waals surface area (Å²) in [6.45, 7) is 0. The Morgan fingerprint density at radius 1 is 1.11 bits per heavy atom. The van der Waals surface area contributed by atoms with Gasteiger partial charge >= 0.3 is 0 Å². The van der Waals surface area contributed by atoms with Crippen LogP contribution in [-0.2, 0) is 9.59 Å². The van der Waals surface area contributed by atoms with Crippen LogP contribution in [0.2, 0.25) is 5.02 Å². The van der Waals surface area contributed by atoms with Crippen LogP contribution in [0.1, 0.15) is 25.7 Å². The molecular formula is C14H15ClN2O2. The van der Waals surface area contributed by atoms with Crippen LogP contribution in [0.4, 0.5) is 11.4 Å². The van der Waals surface area contributed by atoms with Gasteiger partial charge in [0.15, 0.2) is 0 Å². The van der Waals surface area contributed by atoms with Gasteiger partial charge in [-0.25, -0.2) is 0 Å². The Balaban J connectivity index is 1.98. The van der Waals surface area contributed by atoms with Crippen molar-refractivity contribution in [3.63, 3.8) is 0 Å². The van der Waals surface area contributed by atoms with Crippen LogP contribution in [0.3, 0.4) is 0 Å². The first-order valence-electron chi connectivity index (χ1n) is 6.52. The van der Waals surface area contributed by atoms with E-state index in [2.05, 4.69) is 0 Å². The number of nitrogens with two attached hydrogens (primary N) is 1. The molecule has 1 saturated heterocycles. The molecule has 0 aromatic heterocycles. The van der Waals surface area contributed by atoms with E-state index in [4.69, 9.17) is 17.3 Å². The van der Waals surface area contributed by atoms with Gasteiger partial charge in [-0.05, 0) is 31.0 Å². The molecule has 1 heterocycles. The number of hydrogen-bond donors (Lipinski definition) is 1. The second-order valence-corrected chi connectivity index (χ2v) is 5.62. The topological polar surface area (TPSA) is 63.4 Å². The van der Waals surface area contributed by atoms with Crippen molar-refractivity contribution in [2.45, 2.75) is 25.7 Å². The minimum Gasteiger partial charge on any atom is -0.398 e. The molecule has 3 rings (SSSR count). The highest BCUT2D eigenvalue weighted by Gasteiger charge is 2.48. The van der Waals surface area contributed by atoms with E-state index in [1.54, 1.807) is 18.2 Å². The van der Waals surface area contributed by atoms with Crippen molar-refractivity contribution in [1.29, 1.82) is 0 Å². The molecule has 1 aromatic rings. The lowest BCUT2D eigenvalue weighted by molar-refractivity contribution is -0.122. The van der Waals surface area contributed by atoms with Crippen molar-refractivity contribution in [2.24, 2.45) is 11.8 Å². The van der Waals surface area contributed by atoms with Crippen LogP contribution in [0.25, 0.3) is 0 Å². The molecule has 2 aliphatic rings. The van der Waals surface area contributed by atoms with Gasteiger partial charge in [-0.3, -0.25) is 14.5 Å². The number of nitrogen functional groups attached to an aromatic ring is 1. The normalized spacial score (nSPS) is 26.7. The molecule has 2 fully saturated rings. The van der Waals surface area contributed by atoms with Crippen LogP contribution in [0.15, 0.2) is 18.2 Å². The van der Waals surface area contributed by atoms with E-state index >= 15 is 0 Å². The van der Waals surface area contributed by atoms with E-state index in [-0.39, 0.29) is 23.7 Å². The Morgan fingerprint density at radius 3 is 2.21 bits per heavy atom. The summed E-state index contributed by atoms with van der Waals surface area (Å²) in [6.07, 6.45) is 3.68. The molecule has 2 N–H and O–H groups in total. The number of benzene rings is 1. The van der Waals surface area contributed by atoms with Gasteiger partial charge in [-0.15, -0.1) is 0 Å². The Labute approximate surface area is 116 Å². The Kier molecular flexibility index (Phi) is 2.97. The molecular weight excluding hydrogens is 264 g/mol. The van der Waals surface area contributed by atoms with Crippen molar-refractivity contribution in [2.75, 3.05) is 10.6 Å². The first-order chi connectivity index (χ1) is 9.09. The third kappa shape index (κ3) is 1.91. The minimum atomic E-state index is -0.141. The molecule has 1 aliphatic heterocycles. The van der Waals surface area contributed by atoms with E-state index in [0.717, 1.165) is 25.7 Å². The molecule has 4 nitrogen and oxygen atoms in total. The zero-order chi connectivity index (χ0) is 13.6. The Morgan fingerprint density at radius 2 is 1.68 bits per heavy atom. The number of amides is 2. The highest BCUT2D eigenvalue weighted by atomic mass is 35.5. The van der Waals surface area contributed by atoms with Crippen LogP contribution in [0.5, 0.6) is 0 Å². The Bertz CT molecular complexity index is 534. The second kappa shape index (κ2) is 4.53. The lowest BCUT2D eigenvalue weighted by Crippen LogP contribution is -2.30. The summed E-state index contributed by atoms with van der Waals surface area (Å²) in [7, 11) is 0. The fraction of sp³-hybridized carbons (Fsp3) is 0.429. The number of carbonyl (C=O) groups is 2. The second-order valence-electron chi connectivity index (χ2n) is 5.22. The number of anilines is 2. The van der Waals surface area contributed by atoms with E-state index < -0.39 is 0 Å². The van der Waals surface area contributed by atoms with Crippen LogP contribution in [-0.4, -0.2) is 11.8 Å². The van der Waals surface area contributed by atoms with Crippen molar-refractivity contribution >= 4 is 34.8 Å². The molecule has 19 heavy (non-hydrogen) atoms. The summed E-state index contributed by atoms with van der Waals surface area (Å²) in [5, 5.41) is 0.368. The van der Waals surface area contributed by atoms with Gasteiger partial charge < -0.3 is 5.73 Å². The Hall–Kier alpha value is -1.55.